The highest BCUT2D eigenvalue weighted by molar-refractivity contribution is 7.92. The summed E-state index contributed by atoms with van der Waals surface area (Å²) in [4.78, 5) is 6.56. The molecule has 3 heterocycles. The predicted molar refractivity (Wildman–Crippen MR) is 136 cm³/mol. The fourth-order valence-electron chi connectivity index (χ4n) is 4.15. The van der Waals surface area contributed by atoms with E-state index in [2.05, 4.69) is 25.7 Å². The molecule has 0 spiro atoms. The SMILES string of the molecule is COCCn1cccc1[C@@H]1[C@H](c2ccccn2)NC(=S)N1c1ccc(OC)c(NS(C)(=O)=O)c1. The van der Waals surface area contributed by atoms with Crippen molar-refractivity contribution in [3.8, 4) is 5.75 Å². The van der Waals surface area contributed by atoms with Crippen LogP contribution in [0, 0.1) is 0 Å². The minimum absolute atomic E-state index is 0.224. The van der Waals surface area contributed by atoms with Gasteiger partial charge in [0.2, 0.25) is 10.0 Å². The van der Waals surface area contributed by atoms with Crippen LogP contribution in [0.3, 0.4) is 0 Å². The number of thiocarbonyl (C=S) groups is 1. The lowest BCUT2D eigenvalue weighted by atomic mass is 10.0. The molecule has 0 saturated carbocycles. The first-order chi connectivity index (χ1) is 16.3. The zero-order valence-electron chi connectivity index (χ0n) is 19.1. The van der Waals surface area contributed by atoms with Gasteiger partial charge < -0.3 is 24.3 Å². The van der Waals surface area contributed by atoms with Crippen LogP contribution in [0.15, 0.2) is 60.9 Å². The first-order valence-corrected chi connectivity index (χ1v) is 12.9. The normalized spacial score (nSPS) is 18.1. The van der Waals surface area contributed by atoms with Gasteiger partial charge in [0.1, 0.15) is 11.8 Å². The van der Waals surface area contributed by atoms with E-state index < -0.39 is 10.0 Å². The van der Waals surface area contributed by atoms with Crippen molar-refractivity contribution in [3.63, 3.8) is 0 Å². The number of hydrogen-bond donors (Lipinski definition) is 2. The summed E-state index contributed by atoms with van der Waals surface area (Å²) in [6, 6.07) is 14.7. The summed E-state index contributed by atoms with van der Waals surface area (Å²) in [6.07, 6.45) is 4.86. The molecule has 2 N–H and O–H groups in total. The molecular formula is C23H27N5O4S2. The molecule has 2 aromatic heterocycles. The fourth-order valence-corrected chi connectivity index (χ4v) is 5.05. The van der Waals surface area contributed by atoms with Crippen LogP contribution in [0.2, 0.25) is 0 Å². The number of ether oxygens (including phenoxy) is 2. The van der Waals surface area contributed by atoms with Gasteiger partial charge in [0, 0.05) is 37.4 Å². The Morgan fingerprint density at radius 2 is 2.00 bits per heavy atom. The van der Waals surface area contributed by atoms with Crippen molar-refractivity contribution in [2.75, 3.05) is 36.7 Å². The molecule has 0 aliphatic carbocycles. The van der Waals surface area contributed by atoms with E-state index in [1.165, 1.54) is 7.11 Å². The van der Waals surface area contributed by atoms with E-state index in [0.717, 1.165) is 17.6 Å². The van der Waals surface area contributed by atoms with Gasteiger partial charge >= 0.3 is 0 Å². The Morgan fingerprint density at radius 3 is 2.68 bits per heavy atom. The Labute approximate surface area is 204 Å². The molecule has 0 amide bonds. The van der Waals surface area contributed by atoms with Crippen LogP contribution in [0.1, 0.15) is 23.5 Å². The monoisotopic (exact) mass is 501 g/mol. The number of methoxy groups -OCH3 is 2. The van der Waals surface area contributed by atoms with E-state index in [4.69, 9.17) is 21.7 Å². The zero-order chi connectivity index (χ0) is 24.3. The minimum atomic E-state index is -3.52. The molecule has 1 saturated heterocycles. The Hall–Kier alpha value is -3.15. The maximum absolute atomic E-state index is 12.0. The predicted octanol–water partition coefficient (Wildman–Crippen LogP) is 3.09. The van der Waals surface area contributed by atoms with Gasteiger partial charge in [0.25, 0.3) is 0 Å². The fraction of sp³-hybridized carbons (Fsp3) is 0.304. The largest absolute Gasteiger partial charge is 0.495 e. The van der Waals surface area contributed by atoms with Gasteiger partial charge in [-0.25, -0.2) is 8.42 Å². The number of anilines is 2. The second kappa shape index (κ2) is 10.00. The summed E-state index contributed by atoms with van der Waals surface area (Å²) in [7, 11) is -0.350. The highest BCUT2D eigenvalue weighted by atomic mass is 32.2. The molecule has 180 valence electrons. The highest BCUT2D eigenvalue weighted by Crippen LogP contribution is 2.43. The summed E-state index contributed by atoms with van der Waals surface area (Å²) in [5.74, 6) is 0.411. The summed E-state index contributed by atoms with van der Waals surface area (Å²) < 4.78 is 39.2. The second-order valence-corrected chi connectivity index (χ2v) is 10.0. The number of nitrogens with one attached hydrogen (secondary N) is 2. The molecule has 9 nitrogen and oxygen atoms in total. The van der Waals surface area contributed by atoms with Crippen LogP contribution < -0.4 is 19.7 Å². The molecule has 1 aliphatic rings. The average Bonchev–Trinajstić information content (AvgIpc) is 3.40. The van der Waals surface area contributed by atoms with Crippen LogP contribution in [0.4, 0.5) is 11.4 Å². The van der Waals surface area contributed by atoms with Crippen LogP contribution in [0.5, 0.6) is 5.75 Å². The number of sulfonamides is 1. The van der Waals surface area contributed by atoms with Crippen LogP contribution >= 0.6 is 12.2 Å². The number of hydrogen-bond acceptors (Lipinski definition) is 6. The molecule has 0 unspecified atom stereocenters. The summed E-state index contributed by atoms with van der Waals surface area (Å²) in [5.41, 5.74) is 2.92. The van der Waals surface area contributed by atoms with Crippen LogP contribution in [-0.2, 0) is 21.3 Å². The summed E-state index contributed by atoms with van der Waals surface area (Å²) >= 11 is 5.78. The third-order valence-electron chi connectivity index (χ3n) is 5.56. The molecule has 0 radical (unpaired) electrons. The first kappa shape index (κ1) is 24.0. The quantitative estimate of drug-likeness (QED) is 0.432. The van der Waals surface area contributed by atoms with E-state index in [1.807, 2.05) is 41.4 Å². The number of rotatable bonds is 9. The van der Waals surface area contributed by atoms with Crippen molar-refractivity contribution >= 4 is 38.7 Å². The van der Waals surface area contributed by atoms with Crippen LogP contribution in [-0.4, -0.2) is 50.2 Å². The average molecular weight is 502 g/mol. The van der Waals surface area contributed by atoms with Gasteiger partial charge in [0.15, 0.2) is 5.11 Å². The number of nitrogens with zero attached hydrogens (tertiary/aromatic N) is 3. The molecule has 4 rings (SSSR count). The van der Waals surface area contributed by atoms with Crippen molar-refractivity contribution in [1.29, 1.82) is 0 Å². The van der Waals surface area contributed by atoms with Gasteiger partial charge in [-0.3, -0.25) is 9.71 Å². The summed E-state index contributed by atoms with van der Waals surface area (Å²) in [6.45, 7) is 1.24. The lowest BCUT2D eigenvalue weighted by Crippen LogP contribution is -2.30. The standard InChI is InChI=1S/C23H27N5O4S2/c1-31-14-13-27-12-6-8-19(27)22-21(17-7-4-5-11-24-17)25-23(33)28(22)16-9-10-20(32-2)18(15-16)26-34(3,29)30/h4-12,15,21-22,26H,13-14H2,1-3H3,(H,25,33)/t21-,22+/m0/s1. The number of aromatic nitrogens is 2. The Bertz CT molecular complexity index is 1260. The van der Waals surface area contributed by atoms with E-state index in [1.54, 1.807) is 25.4 Å². The molecule has 3 aromatic rings. The number of pyridine rings is 1. The minimum Gasteiger partial charge on any atom is -0.495 e. The van der Waals surface area contributed by atoms with Gasteiger partial charge in [-0.05, 0) is 54.7 Å². The third kappa shape index (κ3) is 5.01. The van der Waals surface area contributed by atoms with Crippen molar-refractivity contribution in [1.82, 2.24) is 14.9 Å². The van der Waals surface area contributed by atoms with Gasteiger partial charge in [0.05, 0.1) is 37.4 Å². The zero-order valence-corrected chi connectivity index (χ0v) is 20.8. The Balaban J connectivity index is 1.83. The lowest BCUT2D eigenvalue weighted by molar-refractivity contribution is 0.186. The first-order valence-electron chi connectivity index (χ1n) is 10.6. The topological polar surface area (TPSA) is 97.7 Å². The van der Waals surface area contributed by atoms with Crippen LogP contribution in [0.25, 0.3) is 0 Å². The molecule has 1 fully saturated rings. The molecule has 2 atom stereocenters. The van der Waals surface area contributed by atoms with Gasteiger partial charge in [-0.2, -0.15) is 0 Å². The molecule has 34 heavy (non-hydrogen) atoms. The Kier molecular flexibility index (Phi) is 7.05. The van der Waals surface area contributed by atoms with E-state index in [9.17, 15) is 8.42 Å². The second-order valence-electron chi connectivity index (χ2n) is 7.87. The number of benzene rings is 1. The molecule has 1 aromatic carbocycles. The van der Waals surface area contributed by atoms with Crippen molar-refractivity contribution in [2.45, 2.75) is 18.6 Å². The lowest BCUT2D eigenvalue weighted by Gasteiger charge is -2.29. The molecule has 11 heteroatoms. The van der Waals surface area contributed by atoms with E-state index in [-0.39, 0.29) is 12.1 Å². The molecular weight excluding hydrogens is 474 g/mol. The van der Waals surface area contributed by atoms with Gasteiger partial charge in [-0.1, -0.05) is 6.07 Å². The maximum Gasteiger partial charge on any atom is 0.229 e. The van der Waals surface area contributed by atoms with Crippen molar-refractivity contribution < 1.29 is 17.9 Å². The summed E-state index contributed by atoms with van der Waals surface area (Å²) in [5, 5.41) is 3.93. The smallest absolute Gasteiger partial charge is 0.229 e. The van der Waals surface area contributed by atoms with Gasteiger partial charge in [-0.15, -0.1) is 0 Å². The van der Waals surface area contributed by atoms with Crippen molar-refractivity contribution in [3.05, 3.63) is 72.3 Å². The molecule has 0 bridgehead atoms. The van der Waals surface area contributed by atoms with Crippen molar-refractivity contribution in [2.24, 2.45) is 0 Å². The Morgan fingerprint density at radius 1 is 1.18 bits per heavy atom. The molecule has 1 aliphatic heterocycles. The highest BCUT2D eigenvalue weighted by Gasteiger charge is 2.42. The van der Waals surface area contributed by atoms with E-state index >= 15 is 0 Å². The maximum atomic E-state index is 12.0. The third-order valence-corrected chi connectivity index (χ3v) is 6.46. The van der Waals surface area contributed by atoms with E-state index in [0.29, 0.717) is 35.4 Å².